The highest BCUT2D eigenvalue weighted by Gasteiger charge is 2.57. The normalized spacial score (nSPS) is 29.8. The number of ketones is 1. The maximum absolute atomic E-state index is 12.4. The minimum absolute atomic E-state index is 0.0602. The summed E-state index contributed by atoms with van der Waals surface area (Å²) in [5.74, 6) is -1.30. The van der Waals surface area contributed by atoms with E-state index in [1.165, 1.54) is 14.2 Å². The van der Waals surface area contributed by atoms with Crippen LogP contribution in [-0.4, -0.2) is 31.9 Å². The molecule has 0 aromatic carbocycles. The van der Waals surface area contributed by atoms with Gasteiger partial charge >= 0.3 is 11.9 Å². The van der Waals surface area contributed by atoms with Crippen molar-refractivity contribution in [1.29, 1.82) is 0 Å². The smallest absolute Gasteiger partial charge is 0.316 e. The van der Waals surface area contributed by atoms with Crippen LogP contribution < -0.4 is 0 Å². The van der Waals surface area contributed by atoms with Crippen LogP contribution >= 0.6 is 0 Å². The predicted octanol–water partition coefficient (Wildman–Crippen LogP) is 1.80. The van der Waals surface area contributed by atoms with Crippen molar-refractivity contribution in [1.82, 2.24) is 0 Å². The molecule has 0 bridgehead atoms. The fraction of sp³-hybridized carbons (Fsp3) is 0.667. The average Bonchev–Trinajstić information content (AvgIpc) is 2.48. The molecule has 0 saturated heterocycles. The lowest BCUT2D eigenvalue weighted by Crippen LogP contribution is -2.50. The van der Waals surface area contributed by atoms with E-state index in [1.54, 1.807) is 6.92 Å². The monoisotopic (exact) mass is 280 g/mol. The Morgan fingerprint density at radius 1 is 1.20 bits per heavy atom. The van der Waals surface area contributed by atoms with Gasteiger partial charge in [0.05, 0.1) is 20.1 Å². The van der Waals surface area contributed by atoms with Crippen molar-refractivity contribution in [3.8, 4) is 0 Å². The Morgan fingerprint density at radius 2 is 1.90 bits per heavy atom. The number of fused-ring (bicyclic) bond motifs is 1. The van der Waals surface area contributed by atoms with Crippen molar-refractivity contribution in [2.24, 2.45) is 11.3 Å². The average molecular weight is 280 g/mol. The molecule has 20 heavy (non-hydrogen) atoms. The second kappa shape index (κ2) is 5.38. The summed E-state index contributed by atoms with van der Waals surface area (Å²) in [5.41, 5.74) is 0.399. The summed E-state index contributed by atoms with van der Waals surface area (Å²) in [6.45, 7) is 1.74. The summed E-state index contributed by atoms with van der Waals surface area (Å²) in [4.78, 5) is 36.5. The molecule has 0 heterocycles. The van der Waals surface area contributed by atoms with E-state index >= 15 is 0 Å². The van der Waals surface area contributed by atoms with Gasteiger partial charge in [-0.2, -0.15) is 0 Å². The van der Waals surface area contributed by atoms with Gasteiger partial charge < -0.3 is 9.47 Å². The fourth-order valence-electron chi connectivity index (χ4n) is 3.69. The maximum Gasteiger partial charge on any atom is 0.316 e. The van der Waals surface area contributed by atoms with Gasteiger partial charge in [0, 0.05) is 6.42 Å². The summed E-state index contributed by atoms with van der Waals surface area (Å²) in [6.07, 6.45) is 2.65. The molecule has 0 unspecified atom stereocenters. The Kier molecular flexibility index (Phi) is 3.97. The van der Waals surface area contributed by atoms with E-state index in [2.05, 4.69) is 0 Å². The molecule has 0 aliphatic heterocycles. The van der Waals surface area contributed by atoms with Crippen molar-refractivity contribution >= 4 is 17.7 Å². The molecule has 110 valence electrons. The number of carbonyl (C=O) groups is 3. The van der Waals surface area contributed by atoms with E-state index < -0.39 is 23.3 Å². The first-order valence-electron chi connectivity index (χ1n) is 6.88. The molecule has 5 nitrogen and oxygen atoms in total. The molecule has 1 fully saturated rings. The van der Waals surface area contributed by atoms with Gasteiger partial charge in [-0.3, -0.25) is 14.4 Å². The third-order valence-electron chi connectivity index (χ3n) is 4.71. The van der Waals surface area contributed by atoms with E-state index in [0.29, 0.717) is 24.8 Å². The zero-order chi connectivity index (χ0) is 14.9. The van der Waals surface area contributed by atoms with Crippen LogP contribution in [0.25, 0.3) is 0 Å². The Bertz CT molecular complexity index is 490. The van der Waals surface area contributed by atoms with Crippen LogP contribution in [0.1, 0.15) is 39.0 Å². The Morgan fingerprint density at radius 3 is 2.50 bits per heavy atom. The topological polar surface area (TPSA) is 69.7 Å². The number of hydrogen-bond donors (Lipinski definition) is 0. The largest absolute Gasteiger partial charge is 0.469 e. The van der Waals surface area contributed by atoms with Gasteiger partial charge in [-0.1, -0.05) is 0 Å². The number of Topliss-reactive ketones (excluding diaryl/α,β-unsaturated/α-hetero) is 1. The molecular formula is C15H20O5. The van der Waals surface area contributed by atoms with Crippen LogP contribution in [0.4, 0.5) is 0 Å². The van der Waals surface area contributed by atoms with Crippen molar-refractivity contribution in [2.45, 2.75) is 39.0 Å². The van der Waals surface area contributed by atoms with Gasteiger partial charge in [0.25, 0.3) is 0 Å². The summed E-state index contributed by atoms with van der Waals surface area (Å²) >= 11 is 0. The molecule has 0 radical (unpaired) electrons. The fourth-order valence-corrected chi connectivity index (χ4v) is 3.69. The van der Waals surface area contributed by atoms with Crippen LogP contribution in [0, 0.1) is 11.3 Å². The molecule has 0 amide bonds. The first-order valence-corrected chi connectivity index (χ1v) is 6.88. The minimum Gasteiger partial charge on any atom is -0.469 e. The number of hydrogen-bond acceptors (Lipinski definition) is 5. The van der Waals surface area contributed by atoms with Crippen molar-refractivity contribution < 1.29 is 23.9 Å². The molecule has 0 N–H and O–H groups in total. The van der Waals surface area contributed by atoms with Crippen LogP contribution in [0.5, 0.6) is 0 Å². The standard InChI is InChI=1S/C15H20O5/c1-9-10-5-4-6-11(13(17)19-2)15(10,14(18)20-3)8-7-12(9)16/h11H,4-8H2,1-3H3/t11-,15-/m1/s1. The molecule has 2 aliphatic carbocycles. The molecule has 0 aromatic rings. The van der Waals surface area contributed by atoms with Crippen molar-refractivity contribution in [3.05, 3.63) is 11.1 Å². The molecule has 0 aromatic heterocycles. The maximum atomic E-state index is 12.4. The summed E-state index contributed by atoms with van der Waals surface area (Å²) < 4.78 is 9.83. The van der Waals surface area contributed by atoms with E-state index in [4.69, 9.17) is 9.47 Å². The zero-order valence-corrected chi connectivity index (χ0v) is 12.2. The molecule has 5 heteroatoms. The number of allylic oxidation sites excluding steroid dienone is 1. The van der Waals surface area contributed by atoms with Crippen molar-refractivity contribution in [3.63, 3.8) is 0 Å². The second-order valence-electron chi connectivity index (χ2n) is 5.46. The third-order valence-corrected chi connectivity index (χ3v) is 4.71. The van der Waals surface area contributed by atoms with E-state index in [9.17, 15) is 14.4 Å². The Labute approximate surface area is 118 Å². The van der Waals surface area contributed by atoms with Crippen LogP contribution in [0.3, 0.4) is 0 Å². The minimum atomic E-state index is -1.00. The van der Waals surface area contributed by atoms with Crippen molar-refractivity contribution in [2.75, 3.05) is 14.2 Å². The number of rotatable bonds is 2. The highest BCUT2D eigenvalue weighted by atomic mass is 16.5. The molecule has 0 spiro atoms. The molecule has 2 atom stereocenters. The van der Waals surface area contributed by atoms with E-state index in [1.807, 2.05) is 0 Å². The quantitative estimate of drug-likeness (QED) is 0.721. The number of ether oxygens (including phenoxy) is 2. The van der Waals surface area contributed by atoms with Gasteiger partial charge in [0.15, 0.2) is 5.78 Å². The molecule has 2 rings (SSSR count). The summed E-state index contributed by atoms with van der Waals surface area (Å²) in [5, 5.41) is 0. The predicted molar refractivity (Wildman–Crippen MR) is 70.7 cm³/mol. The molecule has 2 aliphatic rings. The van der Waals surface area contributed by atoms with Crippen LogP contribution in [0.2, 0.25) is 0 Å². The molecular weight excluding hydrogens is 260 g/mol. The van der Waals surface area contributed by atoms with Gasteiger partial charge in [0.2, 0.25) is 0 Å². The lowest BCUT2D eigenvalue weighted by atomic mass is 9.57. The lowest BCUT2D eigenvalue weighted by Gasteiger charge is -2.45. The number of esters is 2. The SMILES string of the molecule is COC(=O)[C@H]1CCCC2=C(C)C(=O)CC[C@@]21C(=O)OC. The lowest BCUT2D eigenvalue weighted by molar-refractivity contribution is -0.167. The first-order chi connectivity index (χ1) is 9.48. The second-order valence-corrected chi connectivity index (χ2v) is 5.46. The first kappa shape index (κ1) is 14.8. The highest BCUT2D eigenvalue weighted by Crippen LogP contribution is 2.53. The number of carbonyl (C=O) groups excluding carboxylic acids is 3. The summed E-state index contributed by atoms with van der Waals surface area (Å²) in [6, 6.07) is 0. The zero-order valence-electron chi connectivity index (χ0n) is 12.2. The van der Waals surface area contributed by atoms with Gasteiger partial charge in [-0.05, 0) is 43.8 Å². The van der Waals surface area contributed by atoms with Gasteiger partial charge in [-0.15, -0.1) is 0 Å². The number of methoxy groups -OCH3 is 2. The Balaban J connectivity index is 2.60. The van der Waals surface area contributed by atoms with E-state index in [0.717, 1.165) is 12.0 Å². The Hall–Kier alpha value is -1.65. The van der Waals surface area contributed by atoms with E-state index in [-0.39, 0.29) is 12.2 Å². The van der Waals surface area contributed by atoms with Crippen LogP contribution in [0.15, 0.2) is 11.1 Å². The highest BCUT2D eigenvalue weighted by molar-refractivity contribution is 6.01. The van der Waals surface area contributed by atoms with Gasteiger partial charge in [-0.25, -0.2) is 0 Å². The molecule has 1 saturated carbocycles. The third kappa shape index (κ3) is 1.96. The van der Waals surface area contributed by atoms with Gasteiger partial charge in [0.1, 0.15) is 5.41 Å². The van der Waals surface area contributed by atoms with Crippen LogP contribution in [-0.2, 0) is 23.9 Å². The summed E-state index contributed by atoms with van der Waals surface area (Å²) in [7, 11) is 2.65.